The van der Waals surface area contributed by atoms with E-state index in [2.05, 4.69) is 9.72 Å². The monoisotopic (exact) mass is 232 g/mol. The molecule has 0 fully saturated rings. The molecular formula is C9H10F2N2O3. The van der Waals surface area contributed by atoms with Gasteiger partial charge in [0.25, 0.3) is 6.43 Å². The van der Waals surface area contributed by atoms with Crippen LogP contribution in [-0.4, -0.2) is 22.7 Å². The Morgan fingerprint density at radius 3 is 2.81 bits per heavy atom. The van der Waals surface area contributed by atoms with E-state index >= 15 is 0 Å². The fraction of sp³-hybridized carbons (Fsp3) is 0.333. The van der Waals surface area contributed by atoms with Crippen LogP contribution in [0.4, 0.5) is 14.5 Å². The fourth-order valence-electron chi connectivity index (χ4n) is 1.11. The van der Waals surface area contributed by atoms with Gasteiger partial charge in [0.2, 0.25) is 0 Å². The number of ether oxygens (including phenoxy) is 1. The molecular weight excluding hydrogens is 222 g/mol. The van der Waals surface area contributed by atoms with Crippen LogP contribution in [0.2, 0.25) is 0 Å². The highest BCUT2D eigenvalue weighted by molar-refractivity contribution is 5.91. The number of aromatic hydroxyl groups is 1. The Kier molecular flexibility index (Phi) is 3.60. The number of nitrogens with zero attached hydrogens (tertiary/aromatic N) is 1. The zero-order valence-corrected chi connectivity index (χ0v) is 8.41. The summed E-state index contributed by atoms with van der Waals surface area (Å²) in [5.74, 6) is -1.91. The summed E-state index contributed by atoms with van der Waals surface area (Å²) < 4.78 is 29.5. The lowest BCUT2D eigenvalue weighted by Gasteiger charge is -2.09. The molecule has 0 saturated carbocycles. The first-order chi connectivity index (χ1) is 7.49. The molecule has 0 spiro atoms. The number of pyridine rings is 1. The van der Waals surface area contributed by atoms with Crippen LogP contribution in [0.15, 0.2) is 6.20 Å². The van der Waals surface area contributed by atoms with Gasteiger partial charge in [-0.1, -0.05) is 0 Å². The van der Waals surface area contributed by atoms with Crippen molar-refractivity contribution in [2.24, 2.45) is 0 Å². The van der Waals surface area contributed by atoms with Crippen molar-refractivity contribution < 1.29 is 23.4 Å². The predicted octanol–water partition coefficient (Wildman–Crippen LogP) is 1.48. The van der Waals surface area contributed by atoms with E-state index < -0.39 is 29.4 Å². The zero-order valence-electron chi connectivity index (χ0n) is 8.41. The molecule has 0 aliphatic carbocycles. The molecule has 1 rings (SSSR count). The van der Waals surface area contributed by atoms with Crippen molar-refractivity contribution in [3.63, 3.8) is 0 Å². The Hall–Kier alpha value is -1.92. The van der Waals surface area contributed by atoms with Gasteiger partial charge in [-0.05, 0) is 6.92 Å². The Morgan fingerprint density at radius 2 is 2.31 bits per heavy atom. The quantitative estimate of drug-likeness (QED) is 0.771. The van der Waals surface area contributed by atoms with Gasteiger partial charge < -0.3 is 15.6 Å². The summed E-state index contributed by atoms with van der Waals surface area (Å²) in [6.45, 7) is 1.59. The summed E-state index contributed by atoms with van der Waals surface area (Å²) in [4.78, 5) is 14.7. The van der Waals surface area contributed by atoms with E-state index in [0.717, 1.165) is 6.20 Å². The lowest BCUT2D eigenvalue weighted by Crippen LogP contribution is -2.10. The second kappa shape index (κ2) is 4.73. The highest BCUT2D eigenvalue weighted by atomic mass is 19.3. The van der Waals surface area contributed by atoms with Crippen molar-refractivity contribution in [1.29, 1.82) is 0 Å². The normalized spacial score (nSPS) is 10.5. The molecule has 3 N–H and O–H groups in total. The number of rotatable bonds is 3. The number of nitrogens with two attached hydrogens (primary N) is 1. The molecule has 0 atom stereocenters. The molecule has 1 heterocycles. The average Bonchev–Trinajstić information content (AvgIpc) is 2.17. The van der Waals surface area contributed by atoms with Gasteiger partial charge in [-0.15, -0.1) is 0 Å². The summed E-state index contributed by atoms with van der Waals surface area (Å²) in [5.41, 5.74) is 3.47. The highest BCUT2D eigenvalue weighted by Gasteiger charge is 2.24. The van der Waals surface area contributed by atoms with Gasteiger partial charge in [0.05, 0.1) is 24.1 Å². The summed E-state index contributed by atoms with van der Waals surface area (Å²) in [5, 5.41) is 9.41. The van der Waals surface area contributed by atoms with E-state index in [9.17, 15) is 18.7 Å². The van der Waals surface area contributed by atoms with Gasteiger partial charge in [-0.2, -0.15) is 0 Å². The van der Waals surface area contributed by atoms with Gasteiger partial charge in [0.15, 0.2) is 11.4 Å². The number of carbonyl (C=O) groups excluding carboxylic acids is 1. The van der Waals surface area contributed by atoms with E-state index in [1.54, 1.807) is 6.92 Å². The minimum absolute atomic E-state index is 0.0499. The van der Waals surface area contributed by atoms with Crippen molar-refractivity contribution in [2.75, 3.05) is 12.3 Å². The second-order valence-electron chi connectivity index (χ2n) is 2.85. The van der Waals surface area contributed by atoms with Gasteiger partial charge in [0.1, 0.15) is 0 Å². The van der Waals surface area contributed by atoms with E-state index in [1.165, 1.54) is 0 Å². The van der Waals surface area contributed by atoms with Crippen LogP contribution in [0.25, 0.3) is 0 Å². The molecule has 16 heavy (non-hydrogen) atoms. The van der Waals surface area contributed by atoms with E-state index in [0.29, 0.717) is 0 Å². The average molecular weight is 232 g/mol. The van der Waals surface area contributed by atoms with Crippen LogP contribution in [0.1, 0.15) is 29.4 Å². The third-order valence-corrected chi connectivity index (χ3v) is 1.81. The standard InChI is InChI=1S/C9H10F2N2O3/c1-2-16-9(15)6-7(14)5(8(10)11)4(12)3-13-6/h3,8,14H,2,12H2,1H3. The van der Waals surface area contributed by atoms with E-state index in [-0.39, 0.29) is 12.3 Å². The van der Waals surface area contributed by atoms with Crippen LogP contribution in [-0.2, 0) is 4.74 Å². The third-order valence-electron chi connectivity index (χ3n) is 1.81. The first-order valence-electron chi connectivity index (χ1n) is 4.41. The molecule has 1 aromatic heterocycles. The lowest BCUT2D eigenvalue weighted by atomic mass is 10.1. The smallest absolute Gasteiger partial charge is 0.360 e. The molecule has 5 nitrogen and oxygen atoms in total. The van der Waals surface area contributed by atoms with Crippen molar-refractivity contribution in [3.05, 3.63) is 17.5 Å². The third kappa shape index (κ3) is 2.18. The second-order valence-corrected chi connectivity index (χ2v) is 2.85. The summed E-state index contributed by atoms with van der Waals surface area (Å²) in [6, 6.07) is 0. The van der Waals surface area contributed by atoms with Crippen LogP contribution in [0.3, 0.4) is 0 Å². The molecule has 0 unspecified atom stereocenters. The Labute approximate surface area is 89.9 Å². The van der Waals surface area contributed by atoms with Crippen molar-refractivity contribution in [1.82, 2.24) is 4.98 Å². The SMILES string of the molecule is CCOC(=O)c1ncc(N)c(C(F)F)c1O. The molecule has 1 aromatic rings. The minimum atomic E-state index is -2.99. The number of hydrogen-bond acceptors (Lipinski definition) is 5. The molecule has 0 bridgehead atoms. The van der Waals surface area contributed by atoms with Crippen molar-refractivity contribution in [2.45, 2.75) is 13.3 Å². The molecule has 0 radical (unpaired) electrons. The fourth-order valence-corrected chi connectivity index (χ4v) is 1.11. The lowest BCUT2D eigenvalue weighted by molar-refractivity contribution is 0.0515. The molecule has 0 amide bonds. The van der Waals surface area contributed by atoms with Gasteiger partial charge in [0, 0.05) is 0 Å². The van der Waals surface area contributed by atoms with E-state index in [1.807, 2.05) is 0 Å². The first-order valence-corrected chi connectivity index (χ1v) is 4.41. The number of esters is 1. The Bertz CT molecular complexity index is 410. The van der Waals surface area contributed by atoms with Crippen LogP contribution in [0, 0.1) is 0 Å². The number of carbonyl (C=O) groups is 1. The van der Waals surface area contributed by atoms with Crippen LogP contribution < -0.4 is 5.73 Å². The maximum absolute atomic E-state index is 12.5. The maximum Gasteiger partial charge on any atom is 0.360 e. The number of anilines is 1. The van der Waals surface area contributed by atoms with Crippen LogP contribution in [0.5, 0.6) is 5.75 Å². The van der Waals surface area contributed by atoms with Crippen molar-refractivity contribution >= 4 is 11.7 Å². The Balaban J connectivity index is 3.23. The summed E-state index contributed by atoms with van der Waals surface area (Å²) >= 11 is 0. The molecule has 7 heteroatoms. The minimum Gasteiger partial charge on any atom is -0.505 e. The van der Waals surface area contributed by atoms with Gasteiger partial charge in [-0.3, -0.25) is 0 Å². The van der Waals surface area contributed by atoms with E-state index in [4.69, 9.17) is 5.73 Å². The number of aromatic nitrogens is 1. The molecule has 0 aliphatic heterocycles. The summed E-state index contributed by atoms with van der Waals surface area (Å²) in [7, 11) is 0. The summed E-state index contributed by atoms with van der Waals surface area (Å²) in [6.07, 6.45) is -2.11. The number of halogens is 2. The zero-order chi connectivity index (χ0) is 12.3. The van der Waals surface area contributed by atoms with Gasteiger partial charge >= 0.3 is 5.97 Å². The van der Waals surface area contributed by atoms with Crippen LogP contribution >= 0.6 is 0 Å². The number of hydrogen-bond donors (Lipinski definition) is 2. The highest BCUT2D eigenvalue weighted by Crippen LogP contribution is 2.34. The first kappa shape index (κ1) is 12.2. The van der Waals surface area contributed by atoms with Crippen molar-refractivity contribution in [3.8, 4) is 5.75 Å². The molecule has 0 saturated heterocycles. The molecule has 88 valence electrons. The van der Waals surface area contributed by atoms with Gasteiger partial charge in [-0.25, -0.2) is 18.6 Å². The number of alkyl halides is 2. The molecule has 0 aromatic carbocycles. The topological polar surface area (TPSA) is 85.4 Å². The Morgan fingerprint density at radius 1 is 1.69 bits per heavy atom. The molecule has 0 aliphatic rings. The number of nitrogen functional groups attached to an aromatic ring is 1. The predicted molar refractivity (Wildman–Crippen MR) is 51.2 cm³/mol. The maximum atomic E-state index is 12.5. The largest absolute Gasteiger partial charge is 0.505 e.